The van der Waals surface area contributed by atoms with Crippen molar-refractivity contribution in [3.05, 3.63) is 52.4 Å². The lowest BCUT2D eigenvalue weighted by molar-refractivity contribution is 0.875. The minimum Gasteiger partial charge on any atom is -0.279 e. The predicted octanol–water partition coefficient (Wildman–Crippen LogP) is 4.79. The van der Waals surface area contributed by atoms with Crippen molar-refractivity contribution in [2.45, 2.75) is 19.2 Å². The number of aryl methyl sites for hydroxylation is 1. The van der Waals surface area contributed by atoms with Gasteiger partial charge in [0, 0.05) is 10.2 Å². The van der Waals surface area contributed by atoms with E-state index in [0.29, 0.717) is 0 Å². The Bertz CT molecular complexity index is 780. The van der Waals surface area contributed by atoms with Crippen LogP contribution in [0.2, 0.25) is 0 Å². The summed E-state index contributed by atoms with van der Waals surface area (Å²) in [6.07, 6.45) is 0. The highest BCUT2D eigenvalue weighted by molar-refractivity contribution is 9.10. The molecule has 0 spiro atoms. The van der Waals surface area contributed by atoms with E-state index in [2.05, 4.69) is 25.9 Å². The molecule has 1 unspecified atom stereocenters. The van der Waals surface area contributed by atoms with Gasteiger partial charge in [0.05, 0.1) is 11.1 Å². The Hall–Kier alpha value is -1.39. The Morgan fingerprint density at radius 2 is 2.00 bits per heavy atom. The molecule has 1 aromatic carbocycles. The number of fused-ring (bicyclic) bond motifs is 1. The van der Waals surface area contributed by atoms with Gasteiger partial charge in [-0.05, 0) is 44.2 Å². The van der Waals surface area contributed by atoms with Gasteiger partial charge >= 0.3 is 0 Å². The van der Waals surface area contributed by atoms with Crippen LogP contribution in [0.5, 0.6) is 0 Å². The molecule has 0 amide bonds. The van der Waals surface area contributed by atoms with Gasteiger partial charge in [0.25, 0.3) is 0 Å². The van der Waals surface area contributed by atoms with Gasteiger partial charge in [-0.1, -0.05) is 22.0 Å². The van der Waals surface area contributed by atoms with E-state index in [-0.39, 0.29) is 5.38 Å². The molecule has 0 fully saturated rings. The molecular formula is C15H13BrClN3. The number of hydrogen-bond acceptors (Lipinski definition) is 2. The van der Waals surface area contributed by atoms with Gasteiger partial charge < -0.3 is 0 Å². The zero-order valence-corrected chi connectivity index (χ0v) is 13.5. The Morgan fingerprint density at radius 1 is 1.20 bits per heavy atom. The molecule has 0 saturated heterocycles. The minimum absolute atomic E-state index is 0.191. The Kier molecular flexibility index (Phi) is 3.52. The molecule has 1 atom stereocenters. The standard InChI is InChI=1S/C15H13BrClN3/c1-9-6-7-13-15(18-9)20(14(19-13)10(2)17)12-5-3-4-11(16)8-12/h3-8,10H,1-2H3. The highest BCUT2D eigenvalue weighted by Gasteiger charge is 2.17. The number of halogens is 2. The van der Waals surface area contributed by atoms with E-state index in [9.17, 15) is 0 Å². The molecule has 3 rings (SSSR count). The van der Waals surface area contributed by atoms with Crippen LogP contribution < -0.4 is 0 Å². The van der Waals surface area contributed by atoms with Crippen molar-refractivity contribution in [1.29, 1.82) is 0 Å². The fraction of sp³-hybridized carbons (Fsp3) is 0.200. The molecule has 20 heavy (non-hydrogen) atoms. The van der Waals surface area contributed by atoms with E-state index in [0.717, 1.165) is 32.8 Å². The third-order valence-electron chi connectivity index (χ3n) is 3.09. The lowest BCUT2D eigenvalue weighted by Crippen LogP contribution is -2.03. The molecule has 3 nitrogen and oxygen atoms in total. The van der Waals surface area contributed by atoms with Gasteiger partial charge in [-0.2, -0.15) is 0 Å². The molecule has 2 heterocycles. The van der Waals surface area contributed by atoms with Crippen LogP contribution in [0.4, 0.5) is 0 Å². The zero-order chi connectivity index (χ0) is 14.3. The number of nitrogens with zero attached hydrogens (tertiary/aromatic N) is 3. The number of benzene rings is 1. The summed E-state index contributed by atoms with van der Waals surface area (Å²) in [6, 6.07) is 12.0. The first-order chi connectivity index (χ1) is 9.56. The smallest absolute Gasteiger partial charge is 0.164 e. The maximum Gasteiger partial charge on any atom is 0.164 e. The summed E-state index contributed by atoms with van der Waals surface area (Å²) in [5, 5.41) is -0.191. The van der Waals surface area contributed by atoms with E-state index >= 15 is 0 Å². The number of alkyl halides is 1. The first-order valence-corrected chi connectivity index (χ1v) is 7.55. The summed E-state index contributed by atoms with van der Waals surface area (Å²) in [7, 11) is 0. The first kappa shape index (κ1) is 13.6. The minimum atomic E-state index is -0.191. The molecule has 0 N–H and O–H groups in total. The van der Waals surface area contributed by atoms with Gasteiger partial charge in [0.15, 0.2) is 5.65 Å². The number of rotatable bonds is 2. The van der Waals surface area contributed by atoms with Crippen molar-refractivity contribution in [1.82, 2.24) is 14.5 Å². The average Bonchev–Trinajstić information content (AvgIpc) is 2.77. The van der Waals surface area contributed by atoms with Crippen LogP contribution in [0.15, 0.2) is 40.9 Å². The molecule has 0 saturated carbocycles. The molecule has 0 aliphatic carbocycles. The summed E-state index contributed by atoms with van der Waals surface area (Å²) in [6.45, 7) is 3.89. The maximum atomic E-state index is 6.29. The van der Waals surface area contributed by atoms with Gasteiger partial charge in [0.1, 0.15) is 11.3 Å². The van der Waals surface area contributed by atoms with Gasteiger partial charge in [0.2, 0.25) is 0 Å². The van der Waals surface area contributed by atoms with Gasteiger partial charge in [-0.15, -0.1) is 11.6 Å². The van der Waals surface area contributed by atoms with Gasteiger partial charge in [-0.3, -0.25) is 4.57 Å². The Balaban J connectivity index is 2.36. The van der Waals surface area contributed by atoms with Crippen LogP contribution in [-0.4, -0.2) is 14.5 Å². The highest BCUT2D eigenvalue weighted by atomic mass is 79.9. The molecule has 102 valence electrons. The third kappa shape index (κ3) is 2.34. The lowest BCUT2D eigenvalue weighted by atomic mass is 10.3. The fourth-order valence-electron chi connectivity index (χ4n) is 2.21. The van der Waals surface area contributed by atoms with E-state index < -0.39 is 0 Å². The fourth-order valence-corrected chi connectivity index (χ4v) is 2.74. The van der Waals surface area contributed by atoms with Crippen molar-refractivity contribution in [3.63, 3.8) is 0 Å². The van der Waals surface area contributed by atoms with Crippen LogP contribution in [-0.2, 0) is 0 Å². The van der Waals surface area contributed by atoms with Crippen molar-refractivity contribution in [3.8, 4) is 5.69 Å². The SMILES string of the molecule is Cc1ccc2nc(C(C)Cl)n(-c3cccc(Br)c3)c2n1. The molecule has 2 aromatic heterocycles. The average molecular weight is 351 g/mol. The zero-order valence-electron chi connectivity index (χ0n) is 11.1. The largest absolute Gasteiger partial charge is 0.279 e. The third-order valence-corrected chi connectivity index (χ3v) is 3.78. The topological polar surface area (TPSA) is 30.7 Å². The normalized spacial score (nSPS) is 12.8. The van der Waals surface area contributed by atoms with Crippen LogP contribution >= 0.6 is 27.5 Å². The van der Waals surface area contributed by atoms with E-state index in [1.54, 1.807) is 0 Å². The maximum absolute atomic E-state index is 6.29. The summed E-state index contributed by atoms with van der Waals surface area (Å²) in [4.78, 5) is 9.22. The van der Waals surface area contributed by atoms with Crippen molar-refractivity contribution >= 4 is 38.7 Å². The number of aromatic nitrogens is 3. The number of pyridine rings is 1. The van der Waals surface area contributed by atoms with Crippen molar-refractivity contribution in [2.75, 3.05) is 0 Å². The van der Waals surface area contributed by atoms with Crippen LogP contribution in [0.25, 0.3) is 16.9 Å². The summed E-state index contributed by atoms with van der Waals surface area (Å²) >= 11 is 9.79. The van der Waals surface area contributed by atoms with Crippen molar-refractivity contribution in [2.24, 2.45) is 0 Å². The second kappa shape index (κ2) is 5.19. The Labute approximate surface area is 130 Å². The lowest BCUT2D eigenvalue weighted by Gasteiger charge is -2.10. The first-order valence-electron chi connectivity index (χ1n) is 6.32. The van der Waals surface area contributed by atoms with Crippen LogP contribution in [0.3, 0.4) is 0 Å². The molecular weight excluding hydrogens is 338 g/mol. The predicted molar refractivity (Wildman–Crippen MR) is 85.6 cm³/mol. The quantitative estimate of drug-likeness (QED) is 0.622. The van der Waals surface area contributed by atoms with E-state index in [1.807, 2.05) is 54.8 Å². The van der Waals surface area contributed by atoms with Gasteiger partial charge in [-0.25, -0.2) is 9.97 Å². The number of imidazole rings is 1. The summed E-state index contributed by atoms with van der Waals surface area (Å²) in [5.74, 6) is 0.804. The second-order valence-corrected chi connectivity index (χ2v) is 6.27. The number of hydrogen-bond donors (Lipinski definition) is 0. The summed E-state index contributed by atoms with van der Waals surface area (Å²) in [5.41, 5.74) is 3.66. The Morgan fingerprint density at radius 3 is 2.70 bits per heavy atom. The molecule has 5 heteroatoms. The molecule has 0 radical (unpaired) electrons. The van der Waals surface area contributed by atoms with Crippen LogP contribution in [0.1, 0.15) is 23.8 Å². The molecule has 0 aliphatic rings. The van der Waals surface area contributed by atoms with E-state index in [4.69, 9.17) is 11.6 Å². The molecule has 0 aliphatic heterocycles. The summed E-state index contributed by atoms with van der Waals surface area (Å²) < 4.78 is 3.03. The highest BCUT2D eigenvalue weighted by Crippen LogP contribution is 2.28. The van der Waals surface area contributed by atoms with E-state index in [1.165, 1.54) is 0 Å². The van der Waals surface area contributed by atoms with Crippen molar-refractivity contribution < 1.29 is 0 Å². The monoisotopic (exact) mass is 349 g/mol. The molecule has 3 aromatic rings. The van der Waals surface area contributed by atoms with Crippen LogP contribution in [0, 0.1) is 6.92 Å². The second-order valence-electron chi connectivity index (χ2n) is 4.70. The molecule has 0 bridgehead atoms.